The van der Waals surface area contributed by atoms with Crippen LogP contribution in [0.5, 0.6) is 5.75 Å². The maximum absolute atomic E-state index is 11.1. The van der Waals surface area contributed by atoms with Gasteiger partial charge in [-0.25, -0.2) is 0 Å². The van der Waals surface area contributed by atoms with Gasteiger partial charge in [0.05, 0.1) is 4.90 Å². The first-order valence-electron chi connectivity index (χ1n) is 8.74. The molecule has 5 heteroatoms. The summed E-state index contributed by atoms with van der Waals surface area (Å²) in [5, 5.41) is 9.77. The van der Waals surface area contributed by atoms with E-state index in [-0.39, 0.29) is 10.6 Å². The summed E-state index contributed by atoms with van der Waals surface area (Å²) in [5.41, 5.74) is 0.583. The van der Waals surface area contributed by atoms with Gasteiger partial charge >= 0.3 is 0 Å². The van der Waals surface area contributed by atoms with Gasteiger partial charge in [0, 0.05) is 0 Å². The molecule has 0 saturated carbocycles. The fourth-order valence-electron chi connectivity index (χ4n) is 2.73. The Bertz CT molecular complexity index is 552. The molecule has 23 heavy (non-hydrogen) atoms. The van der Waals surface area contributed by atoms with Crippen LogP contribution in [0.2, 0.25) is 0 Å². The summed E-state index contributed by atoms with van der Waals surface area (Å²) in [6.07, 6.45) is 12.9. The molecule has 0 aliphatic carbocycles. The maximum atomic E-state index is 11.1. The summed E-state index contributed by atoms with van der Waals surface area (Å²) in [6.45, 7) is 2.23. The van der Waals surface area contributed by atoms with Gasteiger partial charge in [-0.1, -0.05) is 64.7 Å². The monoisotopic (exact) mass is 342 g/mol. The van der Waals surface area contributed by atoms with Gasteiger partial charge in [0.15, 0.2) is 0 Å². The molecule has 0 saturated heterocycles. The molecule has 0 bridgehead atoms. The molecule has 0 aliphatic heterocycles. The number of phenols is 1. The van der Waals surface area contributed by atoms with Crippen LogP contribution in [0, 0.1) is 0 Å². The van der Waals surface area contributed by atoms with Crippen LogP contribution in [-0.2, 0) is 16.5 Å². The van der Waals surface area contributed by atoms with Crippen LogP contribution in [0.3, 0.4) is 0 Å². The van der Waals surface area contributed by atoms with Crippen molar-refractivity contribution in [2.45, 2.75) is 82.4 Å². The third-order valence-corrected chi connectivity index (χ3v) is 5.00. The summed E-state index contributed by atoms with van der Waals surface area (Å²) in [6, 6.07) is 3.90. The Morgan fingerprint density at radius 2 is 1.39 bits per heavy atom. The summed E-state index contributed by atoms with van der Waals surface area (Å²) in [5.74, 6) is 0.0910. The Balaban J connectivity index is 2.21. The molecule has 4 nitrogen and oxygen atoms in total. The van der Waals surface area contributed by atoms with E-state index in [0.717, 1.165) is 12.8 Å². The highest BCUT2D eigenvalue weighted by molar-refractivity contribution is 7.85. The first-order chi connectivity index (χ1) is 10.9. The van der Waals surface area contributed by atoms with Crippen molar-refractivity contribution in [1.82, 2.24) is 0 Å². The van der Waals surface area contributed by atoms with Crippen LogP contribution < -0.4 is 0 Å². The lowest BCUT2D eigenvalue weighted by molar-refractivity contribution is 0.463. The van der Waals surface area contributed by atoms with Crippen molar-refractivity contribution in [2.24, 2.45) is 0 Å². The standard InChI is InChI=1S/C18H30O4S/c1-2-3-4-5-6-7-8-9-10-11-12-16-15-17(23(20,21)22)13-14-18(16)19/h13-15,19H,2-12H2,1H3,(H,20,21,22). The highest BCUT2D eigenvalue weighted by atomic mass is 32.2. The van der Waals surface area contributed by atoms with Crippen LogP contribution in [-0.4, -0.2) is 18.1 Å². The molecule has 0 atom stereocenters. The van der Waals surface area contributed by atoms with Crippen LogP contribution >= 0.6 is 0 Å². The van der Waals surface area contributed by atoms with Gasteiger partial charge in [-0.05, 0) is 36.6 Å². The number of aryl methyl sites for hydroxylation is 1. The molecule has 1 aromatic carbocycles. The van der Waals surface area contributed by atoms with Crippen LogP contribution in [0.25, 0.3) is 0 Å². The van der Waals surface area contributed by atoms with Crippen LogP contribution in [0.1, 0.15) is 76.7 Å². The molecule has 0 amide bonds. The minimum Gasteiger partial charge on any atom is -0.508 e. The van der Waals surface area contributed by atoms with Crippen molar-refractivity contribution in [3.05, 3.63) is 23.8 Å². The van der Waals surface area contributed by atoms with E-state index in [0.29, 0.717) is 12.0 Å². The van der Waals surface area contributed by atoms with Crippen molar-refractivity contribution in [3.8, 4) is 5.75 Å². The molecule has 0 aliphatic rings. The van der Waals surface area contributed by atoms with Gasteiger partial charge in [0.2, 0.25) is 0 Å². The Morgan fingerprint density at radius 3 is 1.91 bits per heavy atom. The molecule has 0 radical (unpaired) electrons. The molecule has 0 fully saturated rings. The predicted octanol–water partition coefficient (Wildman–Crippen LogP) is 5.10. The van der Waals surface area contributed by atoms with E-state index in [1.165, 1.54) is 69.6 Å². The largest absolute Gasteiger partial charge is 0.508 e. The van der Waals surface area contributed by atoms with Crippen molar-refractivity contribution in [2.75, 3.05) is 0 Å². The Labute approximate surface area is 140 Å². The number of benzene rings is 1. The minimum atomic E-state index is -4.21. The number of rotatable bonds is 12. The van der Waals surface area contributed by atoms with Crippen molar-refractivity contribution >= 4 is 10.1 Å². The minimum absolute atomic E-state index is 0.0910. The van der Waals surface area contributed by atoms with Gasteiger partial charge in [-0.3, -0.25) is 4.55 Å². The van der Waals surface area contributed by atoms with Crippen LogP contribution in [0.4, 0.5) is 0 Å². The quantitative estimate of drug-likeness (QED) is 0.409. The van der Waals surface area contributed by atoms with Crippen LogP contribution in [0.15, 0.2) is 23.1 Å². The molecule has 0 aromatic heterocycles. The lowest BCUT2D eigenvalue weighted by Gasteiger charge is -2.07. The normalized spacial score (nSPS) is 11.7. The summed E-state index contributed by atoms with van der Waals surface area (Å²) >= 11 is 0. The fourth-order valence-corrected chi connectivity index (χ4v) is 3.26. The molecular weight excluding hydrogens is 312 g/mol. The molecule has 2 N–H and O–H groups in total. The van der Waals surface area contributed by atoms with Gasteiger partial charge in [0.25, 0.3) is 10.1 Å². The Kier molecular flexibility index (Phi) is 9.26. The number of aromatic hydroxyl groups is 1. The van der Waals surface area contributed by atoms with E-state index in [9.17, 15) is 13.5 Å². The molecule has 1 rings (SSSR count). The predicted molar refractivity (Wildman–Crippen MR) is 93.5 cm³/mol. The zero-order valence-electron chi connectivity index (χ0n) is 14.1. The van der Waals surface area contributed by atoms with E-state index in [2.05, 4.69) is 6.92 Å². The van der Waals surface area contributed by atoms with E-state index in [1.807, 2.05) is 0 Å². The Morgan fingerprint density at radius 1 is 0.870 bits per heavy atom. The molecule has 0 heterocycles. The maximum Gasteiger partial charge on any atom is 0.294 e. The zero-order valence-corrected chi connectivity index (χ0v) is 14.9. The van der Waals surface area contributed by atoms with E-state index in [1.54, 1.807) is 0 Å². The number of phenolic OH excluding ortho intramolecular Hbond substituents is 1. The van der Waals surface area contributed by atoms with Gasteiger partial charge in [-0.15, -0.1) is 0 Å². The summed E-state index contributed by atoms with van der Waals surface area (Å²) < 4.78 is 31.3. The lowest BCUT2D eigenvalue weighted by Crippen LogP contribution is -1.99. The average Bonchev–Trinajstić information content (AvgIpc) is 2.49. The smallest absolute Gasteiger partial charge is 0.294 e. The Hall–Kier alpha value is -1.07. The number of unbranched alkanes of at least 4 members (excludes halogenated alkanes) is 9. The second kappa shape index (κ2) is 10.7. The lowest BCUT2D eigenvalue weighted by atomic mass is 10.0. The van der Waals surface area contributed by atoms with Crippen molar-refractivity contribution in [1.29, 1.82) is 0 Å². The van der Waals surface area contributed by atoms with E-state index in [4.69, 9.17) is 4.55 Å². The van der Waals surface area contributed by atoms with Crippen molar-refractivity contribution in [3.63, 3.8) is 0 Å². The average molecular weight is 343 g/mol. The number of hydrogen-bond donors (Lipinski definition) is 2. The van der Waals surface area contributed by atoms with Gasteiger partial charge < -0.3 is 5.11 Å². The second-order valence-corrected chi connectivity index (χ2v) is 7.62. The fraction of sp³-hybridized carbons (Fsp3) is 0.667. The summed E-state index contributed by atoms with van der Waals surface area (Å²) in [4.78, 5) is -0.155. The topological polar surface area (TPSA) is 74.6 Å². The first-order valence-corrected chi connectivity index (χ1v) is 10.2. The van der Waals surface area contributed by atoms with Gasteiger partial charge in [-0.2, -0.15) is 8.42 Å². The molecular formula is C18H30O4S. The molecule has 0 spiro atoms. The third-order valence-electron chi connectivity index (χ3n) is 4.15. The van der Waals surface area contributed by atoms with E-state index >= 15 is 0 Å². The third kappa shape index (κ3) is 8.37. The molecule has 132 valence electrons. The van der Waals surface area contributed by atoms with E-state index < -0.39 is 10.1 Å². The molecule has 0 unspecified atom stereocenters. The second-order valence-electron chi connectivity index (χ2n) is 6.20. The molecule has 1 aromatic rings. The van der Waals surface area contributed by atoms with Gasteiger partial charge in [0.1, 0.15) is 5.75 Å². The summed E-state index contributed by atoms with van der Waals surface area (Å²) in [7, 11) is -4.21. The highest BCUT2D eigenvalue weighted by Gasteiger charge is 2.12. The number of hydrogen-bond acceptors (Lipinski definition) is 3. The first kappa shape index (κ1) is 20.0. The SMILES string of the molecule is CCCCCCCCCCCCc1cc(S(=O)(=O)O)ccc1O. The zero-order chi connectivity index (χ0) is 17.1. The highest BCUT2D eigenvalue weighted by Crippen LogP contribution is 2.23. The van der Waals surface area contributed by atoms with Crippen molar-refractivity contribution < 1.29 is 18.1 Å².